The molecule has 0 saturated heterocycles. The van der Waals surface area contributed by atoms with Gasteiger partial charge in [0.15, 0.2) is 11.6 Å². The molecule has 0 amide bonds. The molecule has 1 aliphatic rings. The number of benzene rings is 1. The summed E-state index contributed by atoms with van der Waals surface area (Å²) >= 11 is 0. The Hall–Kier alpha value is -1.13. The maximum absolute atomic E-state index is 13.6. The number of hydrogen-bond acceptors (Lipinski definition) is 3. The molecule has 1 aromatic carbocycles. The molecule has 1 atom stereocenters. The molecule has 0 aliphatic heterocycles. The second-order valence-electron chi connectivity index (χ2n) is 5.07. The standard InChI is InChI=1S/C14H21FN2O/c1-18-14-6-5-11(9-13(14)15)8-12(17-16)7-10-3-2-4-10/h5-6,9-10,12,17H,2-4,7-8,16H2,1H3. The Morgan fingerprint density at radius 2 is 2.28 bits per heavy atom. The zero-order valence-corrected chi connectivity index (χ0v) is 10.8. The summed E-state index contributed by atoms with van der Waals surface area (Å²) in [6.07, 6.45) is 5.77. The average molecular weight is 252 g/mol. The van der Waals surface area contributed by atoms with Gasteiger partial charge in [-0.2, -0.15) is 0 Å². The Kier molecular flexibility index (Phi) is 4.55. The molecule has 1 aliphatic carbocycles. The van der Waals surface area contributed by atoms with Crippen LogP contribution in [-0.4, -0.2) is 13.2 Å². The number of halogens is 1. The Morgan fingerprint density at radius 1 is 1.50 bits per heavy atom. The van der Waals surface area contributed by atoms with Crippen LogP contribution in [0.3, 0.4) is 0 Å². The van der Waals surface area contributed by atoms with Crippen molar-refractivity contribution in [2.24, 2.45) is 11.8 Å². The van der Waals surface area contributed by atoms with Crippen LogP contribution in [0, 0.1) is 11.7 Å². The maximum Gasteiger partial charge on any atom is 0.165 e. The van der Waals surface area contributed by atoms with Crippen LogP contribution < -0.4 is 16.0 Å². The lowest BCUT2D eigenvalue weighted by Gasteiger charge is -2.29. The van der Waals surface area contributed by atoms with Crippen molar-refractivity contribution in [1.29, 1.82) is 0 Å². The molecule has 100 valence electrons. The highest BCUT2D eigenvalue weighted by Crippen LogP contribution is 2.31. The molecular weight excluding hydrogens is 231 g/mol. The van der Waals surface area contributed by atoms with Gasteiger partial charge in [-0.15, -0.1) is 0 Å². The highest BCUT2D eigenvalue weighted by Gasteiger charge is 2.21. The molecule has 1 saturated carbocycles. The average Bonchev–Trinajstić information content (AvgIpc) is 2.32. The van der Waals surface area contributed by atoms with Crippen LogP contribution in [0.5, 0.6) is 5.75 Å². The lowest BCUT2D eigenvalue weighted by molar-refractivity contribution is 0.259. The van der Waals surface area contributed by atoms with Crippen molar-refractivity contribution in [3.8, 4) is 5.75 Å². The molecule has 0 bridgehead atoms. The first-order valence-electron chi connectivity index (χ1n) is 6.51. The van der Waals surface area contributed by atoms with Gasteiger partial charge in [-0.25, -0.2) is 4.39 Å². The molecule has 3 nitrogen and oxygen atoms in total. The van der Waals surface area contributed by atoms with Crippen molar-refractivity contribution in [3.05, 3.63) is 29.6 Å². The lowest BCUT2D eigenvalue weighted by atomic mass is 9.80. The summed E-state index contributed by atoms with van der Waals surface area (Å²) in [6, 6.07) is 5.32. The quantitative estimate of drug-likeness (QED) is 0.603. The van der Waals surface area contributed by atoms with Crippen molar-refractivity contribution in [3.63, 3.8) is 0 Å². The SMILES string of the molecule is COc1ccc(CC(CC2CCC2)NN)cc1F. The zero-order valence-electron chi connectivity index (χ0n) is 10.8. The van der Waals surface area contributed by atoms with Crippen molar-refractivity contribution < 1.29 is 9.13 Å². The summed E-state index contributed by atoms with van der Waals surface area (Å²) in [6.45, 7) is 0. The predicted molar refractivity (Wildman–Crippen MR) is 69.7 cm³/mol. The van der Waals surface area contributed by atoms with Gasteiger partial charge in [0.25, 0.3) is 0 Å². The molecule has 0 radical (unpaired) electrons. The van der Waals surface area contributed by atoms with E-state index in [4.69, 9.17) is 10.6 Å². The molecule has 18 heavy (non-hydrogen) atoms. The number of methoxy groups -OCH3 is 1. The van der Waals surface area contributed by atoms with E-state index in [0.717, 1.165) is 24.3 Å². The van der Waals surface area contributed by atoms with Gasteiger partial charge in [0.2, 0.25) is 0 Å². The van der Waals surface area contributed by atoms with E-state index in [1.54, 1.807) is 6.07 Å². The molecule has 1 fully saturated rings. The number of nitrogens with two attached hydrogens (primary N) is 1. The number of hydrazine groups is 1. The highest BCUT2D eigenvalue weighted by molar-refractivity contribution is 5.29. The van der Waals surface area contributed by atoms with Crippen molar-refractivity contribution in [2.75, 3.05) is 7.11 Å². The van der Waals surface area contributed by atoms with Gasteiger partial charge in [0.1, 0.15) is 0 Å². The topological polar surface area (TPSA) is 47.3 Å². The molecule has 0 aromatic heterocycles. The van der Waals surface area contributed by atoms with E-state index < -0.39 is 0 Å². The van der Waals surface area contributed by atoms with Crippen LogP contribution >= 0.6 is 0 Å². The first-order valence-corrected chi connectivity index (χ1v) is 6.51. The smallest absolute Gasteiger partial charge is 0.165 e. The second-order valence-corrected chi connectivity index (χ2v) is 5.07. The monoisotopic (exact) mass is 252 g/mol. The molecule has 4 heteroatoms. The van der Waals surface area contributed by atoms with Gasteiger partial charge in [-0.05, 0) is 36.5 Å². The number of ether oxygens (including phenoxy) is 1. The van der Waals surface area contributed by atoms with E-state index >= 15 is 0 Å². The van der Waals surface area contributed by atoms with E-state index in [0.29, 0.717) is 0 Å². The molecule has 0 heterocycles. The van der Waals surface area contributed by atoms with Crippen LogP contribution in [0.2, 0.25) is 0 Å². The molecule has 1 unspecified atom stereocenters. The normalized spacial score (nSPS) is 17.3. The minimum absolute atomic E-state index is 0.225. The number of hydrogen-bond donors (Lipinski definition) is 2. The molecular formula is C14H21FN2O. The molecule has 0 spiro atoms. The van der Waals surface area contributed by atoms with Crippen molar-refractivity contribution in [1.82, 2.24) is 5.43 Å². The fourth-order valence-electron chi connectivity index (χ4n) is 2.46. The van der Waals surface area contributed by atoms with Crippen molar-refractivity contribution >= 4 is 0 Å². The third kappa shape index (κ3) is 3.21. The van der Waals surface area contributed by atoms with Crippen LogP contribution in [0.15, 0.2) is 18.2 Å². The summed E-state index contributed by atoms with van der Waals surface area (Å²) in [5.41, 5.74) is 3.80. The minimum atomic E-state index is -0.311. The first-order chi connectivity index (χ1) is 8.72. The van der Waals surface area contributed by atoms with Crippen LogP contribution in [-0.2, 0) is 6.42 Å². The van der Waals surface area contributed by atoms with Gasteiger partial charge < -0.3 is 4.74 Å². The molecule has 3 N–H and O–H groups in total. The number of rotatable bonds is 6. The Labute approximate surface area is 107 Å². The summed E-state index contributed by atoms with van der Waals surface area (Å²) in [5.74, 6) is 6.34. The maximum atomic E-state index is 13.6. The van der Waals surface area contributed by atoms with Gasteiger partial charge in [-0.1, -0.05) is 25.3 Å². The van der Waals surface area contributed by atoms with Crippen LogP contribution in [0.1, 0.15) is 31.2 Å². The molecule has 1 aromatic rings. The molecule has 2 rings (SSSR count). The van der Waals surface area contributed by atoms with Crippen LogP contribution in [0.4, 0.5) is 4.39 Å². The summed E-state index contributed by atoms with van der Waals surface area (Å²) < 4.78 is 18.5. The summed E-state index contributed by atoms with van der Waals surface area (Å²) in [7, 11) is 1.47. The van der Waals surface area contributed by atoms with E-state index in [9.17, 15) is 4.39 Å². The van der Waals surface area contributed by atoms with E-state index in [2.05, 4.69) is 5.43 Å². The largest absolute Gasteiger partial charge is 0.494 e. The van der Waals surface area contributed by atoms with Gasteiger partial charge in [-0.3, -0.25) is 11.3 Å². The highest BCUT2D eigenvalue weighted by atomic mass is 19.1. The predicted octanol–water partition coefficient (Wildman–Crippen LogP) is 2.40. The third-order valence-electron chi connectivity index (χ3n) is 3.78. The van der Waals surface area contributed by atoms with Crippen LogP contribution in [0.25, 0.3) is 0 Å². The minimum Gasteiger partial charge on any atom is -0.494 e. The zero-order chi connectivity index (χ0) is 13.0. The van der Waals surface area contributed by atoms with Crippen molar-refractivity contribution in [2.45, 2.75) is 38.1 Å². The van der Waals surface area contributed by atoms with E-state index in [1.165, 1.54) is 32.4 Å². The fraction of sp³-hybridized carbons (Fsp3) is 0.571. The first kappa shape index (κ1) is 13.3. The number of nitrogens with one attached hydrogen (secondary N) is 1. The Balaban J connectivity index is 1.95. The summed E-state index contributed by atoms with van der Waals surface area (Å²) in [4.78, 5) is 0. The summed E-state index contributed by atoms with van der Waals surface area (Å²) in [5, 5.41) is 0. The second kappa shape index (κ2) is 6.16. The van der Waals surface area contributed by atoms with Gasteiger partial charge >= 0.3 is 0 Å². The van der Waals surface area contributed by atoms with Gasteiger partial charge in [0.05, 0.1) is 7.11 Å². The third-order valence-corrected chi connectivity index (χ3v) is 3.78. The van der Waals surface area contributed by atoms with E-state index in [1.807, 2.05) is 6.07 Å². The Morgan fingerprint density at radius 3 is 2.78 bits per heavy atom. The van der Waals surface area contributed by atoms with Gasteiger partial charge in [0, 0.05) is 6.04 Å². The van der Waals surface area contributed by atoms with E-state index in [-0.39, 0.29) is 17.6 Å². The fourth-order valence-corrected chi connectivity index (χ4v) is 2.46. The Bertz CT molecular complexity index is 393. The lowest BCUT2D eigenvalue weighted by Crippen LogP contribution is -2.39.